The Morgan fingerprint density at radius 1 is 1.42 bits per heavy atom. The van der Waals surface area contributed by atoms with Crippen molar-refractivity contribution in [2.24, 2.45) is 7.05 Å². The van der Waals surface area contributed by atoms with Crippen LogP contribution in [-0.4, -0.2) is 21.3 Å². The van der Waals surface area contributed by atoms with Gasteiger partial charge in [-0.05, 0) is 32.9 Å². The molecule has 7 heteroatoms. The molecular weight excluding hydrogens is 306 g/mol. The van der Waals surface area contributed by atoms with E-state index in [0.717, 1.165) is 5.56 Å². The molecular formula is C17H20N5O2+. The topological polar surface area (TPSA) is 93.4 Å². The molecule has 124 valence electrons. The van der Waals surface area contributed by atoms with Crippen LogP contribution in [0.15, 0.2) is 29.2 Å². The number of nitrogens with one attached hydrogen (secondary N) is 1. The molecule has 0 fully saturated rings. The van der Waals surface area contributed by atoms with Crippen molar-refractivity contribution in [1.29, 1.82) is 0 Å². The largest absolute Gasteiger partial charge is 0.350 e. The molecule has 0 spiro atoms. The summed E-state index contributed by atoms with van der Waals surface area (Å²) in [6.45, 7) is 5.62. The molecule has 0 bridgehead atoms. The van der Waals surface area contributed by atoms with Crippen LogP contribution in [0, 0.1) is 6.92 Å². The number of nitrogens with two attached hydrogens (primary N) is 1. The lowest BCUT2D eigenvalue weighted by atomic mass is 10.1. The third-order valence-corrected chi connectivity index (χ3v) is 3.97. The van der Waals surface area contributed by atoms with Crippen LogP contribution < -0.4 is 21.2 Å². The number of hydrogen-bond donors (Lipinski definition) is 2. The van der Waals surface area contributed by atoms with E-state index in [1.165, 1.54) is 10.5 Å². The molecule has 0 unspecified atom stereocenters. The van der Waals surface area contributed by atoms with Crippen molar-refractivity contribution < 1.29 is 9.36 Å². The van der Waals surface area contributed by atoms with Crippen LogP contribution in [-0.2, 0) is 7.05 Å². The highest BCUT2D eigenvalue weighted by molar-refractivity contribution is 6.00. The number of aromatic nitrogens is 3. The van der Waals surface area contributed by atoms with Crippen LogP contribution in [0.25, 0.3) is 16.7 Å². The van der Waals surface area contributed by atoms with Crippen molar-refractivity contribution in [2.45, 2.75) is 26.8 Å². The number of rotatable bonds is 2. The number of nitrogen functional groups attached to an aromatic ring is 1. The Kier molecular flexibility index (Phi) is 3.71. The standard InChI is InChI=1S/C17H19N5O2/c1-9(2)19-16(23)11-8-12-15(21(4)13(11)18)20-14-10(3)6-5-7-22(14)17(12)24/h5-9,18H,1-4H3,(H,19,23)/p+1. The molecule has 0 aromatic carbocycles. The Hall–Kier alpha value is -2.96. The average Bonchev–Trinajstić information content (AvgIpc) is 2.51. The van der Waals surface area contributed by atoms with E-state index in [4.69, 9.17) is 5.73 Å². The van der Waals surface area contributed by atoms with Crippen LogP contribution in [0.4, 0.5) is 5.82 Å². The number of amides is 1. The maximum atomic E-state index is 12.8. The van der Waals surface area contributed by atoms with Gasteiger partial charge in [0.05, 0.1) is 7.05 Å². The minimum Gasteiger partial charge on any atom is -0.350 e. The van der Waals surface area contributed by atoms with Crippen molar-refractivity contribution in [3.8, 4) is 0 Å². The molecule has 1 amide bonds. The minimum absolute atomic E-state index is 0.0311. The fourth-order valence-corrected chi connectivity index (χ4v) is 2.72. The lowest BCUT2D eigenvalue weighted by molar-refractivity contribution is -0.632. The lowest BCUT2D eigenvalue weighted by Gasteiger charge is -2.11. The molecule has 0 saturated heterocycles. The molecule has 3 rings (SSSR count). The molecule has 24 heavy (non-hydrogen) atoms. The second kappa shape index (κ2) is 5.59. The van der Waals surface area contributed by atoms with Gasteiger partial charge in [-0.3, -0.25) is 14.0 Å². The zero-order valence-electron chi connectivity index (χ0n) is 14.1. The molecule has 3 N–H and O–H groups in total. The Labute approximate surface area is 138 Å². The minimum atomic E-state index is -0.311. The van der Waals surface area contributed by atoms with Gasteiger partial charge >= 0.3 is 0 Å². The highest BCUT2D eigenvalue weighted by atomic mass is 16.2. The smallest absolute Gasteiger partial charge is 0.278 e. The van der Waals surface area contributed by atoms with Gasteiger partial charge in [0.1, 0.15) is 10.9 Å². The molecule has 0 aliphatic rings. The predicted molar refractivity (Wildman–Crippen MR) is 91.9 cm³/mol. The van der Waals surface area contributed by atoms with Gasteiger partial charge in [0, 0.05) is 17.8 Å². The normalized spacial score (nSPS) is 11.4. The van der Waals surface area contributed by atoms with E-state index in [1.807, 2.05) is 26.8 Å². The van der Waals surface area contributed by atoms with Crippen LogP contribution in [0.3, 0.4) is 0 Å². The summed E-state index contributed by atoms with van der Waals surface area (Å²) in [7, 11) is 1.70. The van der Waals surface area contributed by atoms with Crippen molar-refractivity contribution in [3.63, 3.8) is 0 Å². The monoisotopic (exact) mass is 326 g/mol. The molecule has 0 aliphatic carbocycles. The molecule has 3 heterocycles. The first kappa shape index (κ1) is 15.9. The van der Waals surface area contributed by atoms with E-state index in [2.05, 4.69) is 10.3 Å². The Balaban J connectivity index is 2.39. The first-order valence-corrected chi connectivity index (χ1v) is 7.72. The van der Waals surface area contributed by atoms with Gasteiger partial charge in [-0.15, -0.1) is 0 Å². The summed E-state index contributed by atoms with van der Waals surface area (Å²) in [6, 6.07) is 5.17. The lowest BCUT2D eigenvalue weighted by Crippen LogP contribution is -2.40. The summed E-state index contributed by atoms with van der Waals surface area (Å²) < 4.78 is 3.07. The molecule has 3 aromatic heterocycles. The number of carbonyl (C=O) groups is 1. The van der Waals surface area contributed by atoms with Crippen molar-refractivity contribution >= 4 is 28.4 Å². The molecule has 0 aliphatic heterocycles. The van der Waals surface area contributed by atoms with Gasteiger partial charge in [0.25, 0.3) is 17.1 Å². The zero-order valence-corrected chi connectivity index (χ0v) is 14.1. The van der Waals surface area contributed by atoms with E-state index in [-0.39, 0.29) is 28.9 Å². The van der Waals surface area contributed by atoms with Crippen molar-refractivity contribution in [1.82, 2.24) is 14.7 Å². The molecule has 3 aromatic rings. The van der Waals surface area contributed by atoms with Gasteiger partial charge in [0.2, 0.25) is 11.5 Å². The number of nitrogens with zero attached hydrogens (tertiary/aromatic N) is 3. The maximum Gasteiger partial charge on any atom is 0.278 e. The summed E-state index contributed by atoms with van der Waals surface area (Å²) in [5.74, 6) is -0.0424. The summed E-state index contributed by atoms with van der Waals surface area (Å²) in [5.41, 5.74) is 8.06. The SMILES string of the molecule is Cc1cccn2c(=O)c3cc(C(=O)NC(C)C)c(N)[n+](C)c3nc12. The predicted octanol–water partition coefficient (Wildman–Crippen LogP) is 0.701. The quantitative estimate of drug-likeness (QED) is 0.535. The van der Waals surface area contributed by atoms with Gasteiger partial charge in [0.15, 0.2) is 0 Å². The number of aryl methyl sites for hydroxylation is 2. The zero-order chi connectivity index (χ0) is 17.6. The van der Waals surface area contributed by atoms with E-state index in [0.29, 0.717) is 16.7 Å². The molecule has 0 radical (unpaired) electrons. The van der Waals surface area contributed by atoms with E-state index >= 15 is 0 Å². The fourth-order valence-electron chi connectivity index (χ4n) is 2.72. The second-order valence-electron chi connectivity index (χ2n) is 6.17. The summed E-state index contributed by atoms with van der Waals surface area (Å²) in [4.78, 5) is 29.8. The second-order valence-corrected chi connectivity index (χ2v) is 6.17. The third kappa shape index (κ3) is 2.38. The van der Waals surface area contributed by atoms with E-state index in [1.54, 1.807) is 23.9 Å². The average molecular weight is 326 g/mol. The van der Waals surface area contributed by atoms with Gasteiger partial charge in [-0.2, -0.15) is 0 Å². The fraction of sp³-hybridized carbons (Fsp3) is 0.294. The van der Waals surface area contributed by atoms with Crippen LogP contribution in [0.5, 0.6) is 0 Å². The van der Waals surface area contributed by atoms with Gasteiger partial charge < -0.3 is 11.1 Å². The number of carbonyl (C=O) groups excluding carboxylic acids is 1. The van der Waals surface area contributed by atoms with Gasteiger partial charge in [-0.25, -0.2) is 4.57 Å². The van der Waals surface area contributed by atoms with Crippen molar-refractivity contribution in [3.05, 3.63) is 45.9 Å². The van der Waals surface area contributed by atoms with Gasteiger partial charge in [-0.1, -0.05) is 11.1 Å². The Morgan fingerprint density at radius 3 is 2.79 bits per heavy atom. The maximum absolute atomic E-state index is 12.8. The van der Waals surface area contributed by atoms with E-state index in [9.17, 15) is 9.59 Å². The van der Waals surface area contributed by atoms with Crippen molar-refractivity contribution in [2.75, 3.05) is 5.73 Å². The van der Waals surface area contributed by atoms with E-state index < -0.39 is 0 Å². The Bertz CT molecular complexity index is 1040. The Morgan fingerprint density at radius 2 is 2.12 bits per heavy atom. The third-order valence-electron chi connectivity index (χ3n) is 3.97. The first-order valence-electron chi connectivity index (χ1n) is 7.72. The first-order chi connectivity index (χ1) is 11.3. The highest BCUT2D eigenvalue weighted by Crippen LogP contribution is 2.15. The highest BCUT2D eigenvalue weighted by Gasteiger charge is 2.23. The summed E-state index contributed by atoms with van der Waals surface area (Å²) in [6.07, 6.45) is 1.67. The molecule has 0 saturated carbocycles. The number of anilines is 1. The van der Waals surface area contributed by atoms with Crippen LogP contribution in [0.2, 0.25) is 0 Å². The number of pyridine rings is 2. The van der Waals surface area contributed by atoms with Crippen LogP contribution in [0.1, 0.15) is 29.8 Å². The molecule has 0 atom stereocenters. The number of hydrogen-bond acceptors (Lipinski definition) is 4. The number of fused-ring (bicyclic) bond motifs is 2. The summed E-state index contributed by atoms with van der Waals surface area (Å²) in [5, 5.41) is 3.15. The molecule has 7 nitrogen and oxygen atoms in total. The summed E-state index contributed by atoms with van der Waals surface area (Å²) >= 11 is 0. The van der Waals surface area contributed by atoms with Crippen LogP contribution >= 0.6 is 0 Å².